The molecule has 1 heterocycles. The molecular weight excluding hydrogens is 267 g/mol. The number of benzene rings is 1. The van der Waals surface area contributed by atoms with Crippen LogP contribution in [0.2, 0.25) is 0 Å². The molecule has 0 atom stereocenters. The first-order valence-corrected chi connectivity index (χ1v) is 4.35. The van der Waals surface area contributed by atoms with Crippen molar-refractivity contribution in [3.63, 3.8) is 0 Å². The van der Waals surface area contributed by atoms with Crippen molar-refractivity contribution in [2.75, 3.05) is 0 Å². The summed E-state index contributed by atoms with van der Waals surface area (Å²) in [5.74, 6) is -0.265. The van der Waals surface area contributed by atoms with Crippen molar-refractivity contribution in [3.05, 3.63) is 27.3 Å². The van der Waals surface area contributed by atoms with E-state index in [4.69, 9.17) is 0 Å². The molecule has 1 aliphatic heterocycles. The fourth-order valence-corrected chi connectivity index (χ4v) is 1.45. The second kappa shape index (κ2) is 2.80. The Morgan fingerprint density at radius 2 is 2.17 bits per heavy atom. The van der Waals surface area contributed by atoms with Gasteiger partial charge in [0.1, 0.15) is 6.01 Å². The maximum atomic E-state index is 11.1. The van der Waals surface area contributed by atoms with Crippen LogP contribution in [0.3, 0.4) is 0 Å². The Labute approximate surface area is 82.4 Å². The normalized spacial score (nSPS) is 13.2. The predicted octanol–water partition coefficient (Wildman–Crippen LogP) is 2.25. The largest absolute Gasteiger partial charge is 0.288 e. The van der Waals surface area contributed by atoms with E-state index < -0.39 is 0 Å². The van der Waals surface area contributed by atoms with Crippen LogP contribution in [0.5, 0.6) is 0 Å². The lowest BCUT2D eigenvalue weighted by molar-refractivity contribution is 0.100. The molecule has 0 fully saturated rings. The van der Waals surface area contributed by atoms with E-state index in [1.54, 1.807) is 12.1 Å². The van der Waals surface area contributed by atoms with E-state index in [9.17, 15) is 4.79 Å². The van der Waals surface area contributed by atoms with Crippen LogP contribution >= 0.6 is 22.6 Å². The van der Waals surface area contributed by atoms with Crippen LogP contribution in [0, 0.1) is 3.57 Å². The minimum atomic E-state index is -0.265. The van der Waals surface area contributed by atoms with E-state index in [2.05, 4.69) is 38.6 Å². The minimum absolute atomic E-state index is 0.265. The number of fused-ring (bicyclic) bond motifs is 1. The number of carbonyl (C=O) groups excluding carboxylic acids is 1. The molecule has 58 valence electrons. The summed E-state index contributed by atoms with van der Waals surface area (Å²) >= 11 is 2.14. The zero-order chi connectivity index (χ0) is 8.55. The van der Waals surface area contributed by atoms with Crippen molar-refractivity contribution in [3.8, 4) is 0 Å². The first-order valence-electron chi connectivity index (χ1n) is 3.28. The number of carbonyl (C=O) groups is 1. The fourth-order valence-electron chi connectivity index (χ4n) is 0.962. The van der Waals surface area contributed by atoms with Gasteiger partial charge in [-0.05, 0) is 40.8 Å². The van der Waals surface area contributed by atoms with Crippen LogP contribution in [-0.2, 0) is 0 Å². The average Bonchev–Trinajstić information content (AvgIpc) is 2.07. The smallest absolute Gasteiger partial charge is 0.266 e. The summed E-state index contributed by atoms with van der Waals surface area (Å²) < 4.78 is 1.01. The zero-order valence-electron chi connectivity index (χ0n) is 5.91. The molecule has 12 heavy (non-hydrogen) atoms. The lowest BCUT2D eigenvalue weighted by Crippen LogP contribution is -1.98. The molecule has 1 aromatic rings. The van der Waals surface area contributed by atoms with Crippen LogP contribution < -0.4 is 0 Å². The Morgan fingerprint density at radius 1 is 1.33 bits per heavy atom. The third kappa shape index (κ3) is 1.19. The maximum Gasteiger partial charge on any atom is 0.288 e. The molecule has 1 amide bonds. The molecule has 0 aliphatic carbocycles. The van der Waals surface area contributed by atoms with Crippen LogP contribution in [0.25, 0.3) is 0 Å². The van der Waals surface area contributed by atoms with Gasteiger partial charge in [0, 0.05) is 3.57 Å². The molecule has 0 aromatic heterocycles. The lowest BCUT2D eigenvalue weighted by Gasteiger charge is -2.02. The monoisotopic (exact) mass is 270 g/mol. The Balaban J connectivity index is 2.71. The molecule has 0 spiro atoms. The number of halogens is 1. The van der Waals surface area contributed by atoms with Gasteiger partial charge in [-0.1, -0.05) is 0 Å². The molecule has 0 saturated carbocycles. The Morgan fingerprint density at radius 3 is 3.00 bits per heavy atom. The standard InChI is InChI=1S/C8H3IN2O/c9-5-1-2-7-6(3-5)8(12)11-4-10-7/h1-3H. The van der Waals surface area contributed by atoms with Crippen molar-refractivity contribution in [2.24, 2.45) is 9.98 Å². The Kier molecular flexibility index (Phi) is 1.78. The maximum absolute atomic E-state index is 11.1. The summed E-state index contributed by atoms with van der Waals surface area (Å²) in [5.41, 5.74) is 1.20. The van der Waals surface area contributed by atoms with Crippen LogP contribution in [0.1, 0.15) is 10.4 Å². The van der Waals surface area contributed by atoms with E-state index >= 15 is 0 Å². The number of rotatable bonds is 0. The van der Waals surface area contributed by atoms with E-state index in [0.717, 1.165) is 3.57 Å². The van der Waals surface area contributed by atoms with Gasteiger partial charge in [-0.25, -0.2) is 0 Å². The van der Waals surface area contributed by atoms with Gasteiger partial charge in [0.15, 0.2) is 0 Å². The summed E-state index contributed by atoms with van der Waals surface area (Å²) in [6, 6.07) is 7.76. The number of amides is 1. The summed E-state index contributed by atoms with van der Waals surface area (Å²) in [6.07, 6.45) is 0. The molecule has 0 saturated heterocycles. The van der Waals surface area contributed by atoms with Crippen molar-refractivity contribution < 1.29 is 4.79 Å². The SMILES string of the molecule is O=C1N=C=Nc2ccc(I)cc21. The van der Waals surface area contributed by atoms with Gasteiger partial charge in [-0.2, -0.15) is 4.99 Å². The molecular formula is C8H3IN2O. The molecule has 1 aliphatic rings. The van der Waals surface area contributed by atoms with E-state index in [0.29, 0.717) is 11.3 Å². The van der Waals surface area contributed by atoms with Crippen LogP contribution in [-0.4, -0.2) is 11.9 Å². The number of nitrogens with zero attached hydrogens (tertiary/aromatic N) is 2. The fraction of sp³-hybridized carbons (Fsp3) is 0. The molecule has 3 nitrogen and oxygen atoms in total. The Bertz CT molecular complexity index is 419. The molecule has 4 heteroatoms. The third-order valence-corrected chi connectivity index (χ3v) is 2.18. The highest BCUT2D eigenvalue weighted by atomic mass is 127. The number of aliphatic imine (C=N–C) groups is 2. The number of hydrogen-bond donors (Lipinski definition) is 0. The summed E-state index contributed by atoms with van der Waals surface area (Å²) in [6.45, 7) is 0. The van der Waals surface area contributed by atoms with Gasteiger partial charge >= 0.3 is 0 Å². The average molecular weight is 270 g/mol. The van der Waals surface area contributed by atoms with Gasteiger partial charge in [0.05, 0.1) is 11.3 Å². The van der Waals surface area contributed by atoms with Gasteiger partial charge in [-0.3, -0.25) is 4.79 Å². The Hall–Kier alpha value is -1.000. The summed E-state index contributed by atoms with van der Waals surface area (Å²) in [4.78, 5) is 18.4. The molecule has 2 rings (SSSR count). The topological polar surface area (TPSA) is 41.8 Å². The van der Waals surface area contributed by atoms with Gasteiger partial charge in [0.2, 0.25) is 0 Å². The van der Waals surface area contributed by atoms with E-state index in [-0.39, 0.29) is 5.91 Å². The van der Waals surface area contributed by atoms with Gasteiger partial charge in [0.25, 0.3) is 5.91 Å². The molecule has 1 aromatic carbocycles. The second-order valence-electron chi connectivity index (χ2n) is 2.29. The molecule has 0 radical (unpaired) electrons. The number of hydrogen-bond acceptors (Lipinski definition) is 2. The highest BCUT2D eigenvalue weighted by Gasteiger charge is 2.12. The first kappa shape index (κ1) is 7.64. The second-order valence-corrected chi connectivity index (χ2v) is 3.54. The van der Waals surface area contributed by atoms with Crippen molar-refractivity contribution in [1.82, 2.24) is 0 Å². The first-order chi connectivity index (χ1) is 5.77. The van der Waals surface area contributed by atoms with E-state index in [1.807, 2.05) is 6.07 Å². The molecule has 0 unspecified atom stereocenters. The quantitative estimate of drug-likeness (QED) is 0.666. The highest BCUT2D eigenvalue weighted by molar-refractivity contribution is 14.1. The third-order valence-electron chi connectivity index (χ3n) is 1.51. The van der Waals surface area contributed by atoms with Crippen molar-refractivity contribution in [2.45, 2.75) is 0 Å². The molecule has 0 N–H and O–H groups in total. The van der Waals surface area contributed by atoms with Crippen LogP contribution in [0.15, 0.2) is 28.2 Å². The zero-order valence-corrected chi connectivity index (χ0v) is 8.07. The summed E-state index contributed by atoms with van der Waals surface area (Å²) in [5, 5.41) is 0. The van der Waals surface area contributed by atoms with Gasteiger partial charge in [-0.15, -0.1) is 4.99 Å². The van der Waals surface area contributed by atoms with Gasteiger partial charge < -0.3 is 0 Å². The van der Waals surface area contributed by atoms with Crippen molar-refractivity contribution in [1.29, 1.82) is 0 Å². The molecule has 0 bridgehead atoms. The van der Waals surface area contributed by atoms with Crippen LogP contribution in [0.4, 0.5) is 5.69 Å². The predicted molar refractivity (Wildman–Crippen MR) is 53.0 cm³/mol. The van der Waals surface area contributed by atoms with Crippen molar-refractivity contribution >= 4 is 40.2 Å². The highest BCUT2D eigenvalue weighted by Crippen LogP contribution is 2.23. The van der Waals surface area contributed by atoms with E-state index in [1.165, 1.54) is 0 Å². The minimum Gasteiger partial charge on any atom is -0.266 e. The summed E-state index contributed by atoms with van der Waals surface area (Å²) in [7, 11) is 0. The lowest BCUT2D eigenvalue weighted by atomic mass is 10.1.